The van der Waals surface area contributed by atoms with E-state index in [1.54, 1.807) is 19.9 Å². The van der Waals surface area contributed by atoms with E-state index >= 15 is 0 Å². The highest BCUT2D eigenvalue weighted by atomic mass is 127. The molecule has 1 atom stereocenters. The van der Waals surface area contributed by atoms with Gasteiger partial charge in [-0.05, 0) is 65.0 Å². The number of hydrogen-bond acceptors (Lipinski definition) is 6. The van der Waals surface area contributed by atoms with Crippen molar-refractivity contribution in [2.45, 2.75) is 44.9 Å². The molecular weight excluding hydrogens is 529 g/mol. The van der Waals surface area contributed by atoms with Crippen LogP contribution in [0, 0.1) is 5.41 Å². The molecule has 0 heterocycles. The summed E-state index contributed by atoms with van der Waals surface area (Å²) in [5.74, 6) is -1.31. The van der Waals surface area contributed by atoms with Crippen LogP contribution in [-0.2, 0) is 29.9 Å². The first-order chi connectivity index (χ1) is 14.6. The van der Waals surface area contributed by atoms with Gasteiger partial charge in [-0.1, -0.05) is 31.7 Å². The Balaban J connectivity index is 3.45. The van der Waals surface area contributed by atoms with Crippen LogP contribution in [0.2, 0.25) is 0 Å². The Hall–Kier alpha value is -1.68. The second-order valence-corrected chi connectivity index (χ2v) is 10.1. The van der Waals surface area contributed by atoms with Gasteiger partial charge >= 0.3 is 11.9 Å². The first kappa shape index (κ1) is 27.4. The summed E-state index contributed by atoms with van der Waals surface area (Å²) in [6.45, 7) is 9.42. The van der Waals surface area contributed by atoms with E-state index in [9.17, 15) is 13.8 Å². The van der Waals surface area contributed by atoms with Crippen LogP contribution in [0.5, 0.6) is 0 Å². The molecule has 0 aliphatic carbocycles. The maximum Gasteiger partial charge on any atom is 0.324 e. The molecule has 0 saturated heterocycles. The summed E-state index contributed by atoms with van der Waals surface area (Å²) < 4.78 is 24.5. The van der Waals surface area contributed by atoms with Gasteiger partial charge in [0.15, 0.2) is 5.41 Å². The molecule has 0 saturated carbocycles. The number of ether oxygens (including phenoxy) is 2. The third-order valence-corrected chi connectivity index (χ3v) is 6.70. The first-order valence-corrected chi connectivity index (χ1v) is 12.4. The molecule has 0 bridgehead atoms. The fourth-order valence-corrected chi connectivity index (χ4v) is 5.17. The number of para-hydroxylation sites is 1. The summed E-state index contributed by atoms with van der Waals surface area (Å²) in [5.41, 5.74) is -0.710. The zero-order valence-electron chi connectivity index (χ0n) is 18.9. The third-order valence-electron chi connectivity index (χ3n) is 4.64. The van der Waals surface area contributed by atoms with Crippen LogP contribution in [0.1, 0.15) is 40.0 Å². The second-order valence-electron chi connectivity index (χ2n) is 7.08. The molecule has 31 heavy (non-hydrogen) atoms. The van der Waals surface area contributed by atoms with Crippen molar-refractivity contribution in [3.63, 3.8) is 0 Å². The largest absolute Gasteiger partial charge is 0.465 e. The fraction of sp³-hybridized carbons (Fsp3) is 0.478. The van der Waals surface area contributed by atoms with Gasteiger partial charge in [-0.15, -0.1) is 0 Å². The Bertz CT molecular complexity index is 832. The second kappa shape index (κ2) is 13.0. The number of benzene rings is 1. The molecule has 172 valence electrons. The van der Waals surface area contributed by atoms with E-state index in [0.29, 0.717) is 19.8 Å². The lowest BCUT2D eigenvalue weighted by Crippen LogP contribution is -2.42. The van der Waals surface area contributed by atoms with Crippen molar-refractivity contribution in [2.24, 2.45) is 5.41 Å². The Labute approximate surface area is 201 Å². The van der Waals surface area contributed by atoms with Gasteiger partial charge in [0.2, 0.25) is 0 Å². The van der Waals surface area contributed by atoms with E-state index < -0.39 is 28.2 Å². The van der Waals surface area contributed by atoms with Crippen LogP contribution in [0.4, 0.5) is 5.69 Å². The number of halogens is 1. The molecule has 8 heteroatoms. The van der Waals surface area contributed by atoms with Gasteiger partial charge < -0.3 is 14.4 Å². The van der Waals surface area contributed by atoms with Gasteiger partial charge in [-0.25, -0.2) is 4.21 Å². The van der Waals surface area contributed by atoms with Gasteiger partial charge in [0.1, 0.15) is 0 Å². The summed E-state index contributed by atoms with van der Waals surface area (Å²) in [5, 5.41) is 0. The minimum absolute atomic E-state index is 0.0196. The predicted octanol–water partition coefficient (Wildman–Crippen LogP) is 5.00. The van der Waals surface area contributed by atoms with E-state index in [1.165, 1.54) is 0 Å². The molecule has 0 amide bonds. The average molecular weight is 561 g/mol. The van der Waals surface area contributed by atoms with Crippen molar-refractivity contribution in [1.82, 2.24) is 0 Å². The van der Waals surface area contributed by atoms with Crippen LogP contribution in [-0.4, -0.2) is 43.5 Å². The molecule has 1 rings (SSSR count). The number of rotatable bonds is 12. The Morgan fingerprint density at radius 1 is 1.13 bits per heavy atom. The van der Waals surface area contributed by atoms with Crippen molar-refractivity contribution in [2.75, 3.05) is 32.2 Å². The number of hydrogen-bond donors (Lipinski definition) is 0. The first-order valence-electron chi connectivity index (χ1n) is 10.2. The highest BCUT2D eigenvalue weighted by molar-refractivity contribution is 14.1. The summed E-state index contributed by atoms with van der Waals surface area (Å²) in [6.07, 6.45) is 2.32. The Morgan fingerprint density at radius 3 is 2.13 bits per heavy atom. The quantitative estimate of drug-likeness (QED) is 0.203. The highest BCUT2D eigenvalue weighted by Crippen LogP contribution is 2.37. The van der Waals surface area contributed by atoms with Crippen LogP contribution in [0.15, 0.2) is 50.3 Å². The number of nitrogens with zero attached hydrogens (tertiary/aromatic N) is 1. The molecule has 0 aliphatic heterocycles. The Kier molecular flexibility index (Phi) is 11.5. The average Bonchev–Trinajstić information content (AvgIpc) is 2.72. The molecule has 0 N–H and O–H groups in total. The smallest absolute Gasteiger partial charge is 0.324 e. The van der Waals surface area contributed by atoms with Crippen LogP contribution in [0.3, 0.4) is 0 Å². The summed E-state index contributed by atoms with van der Waals surface area (Å²) in [6, 6.07) is 7.46. The third kappa shape index (κ3) is 7.17. The number of carbonyl (C=O) groups is 2. The fourth-order valence-electron chi connectivity index (χ4n) is 3.10. The number of esters is 2. The summed E-state index contributed by atoms with van der Waals surface area (Å²) in [7, 11) is 2.34. The van der Waals surface area contributed by atoms with E-state index in [0.717, 1.165) is 5.69 Å². The zero-order chi connectivity index (χ0) is 23.6. The van der Waals surface area contributed by atoms with Crippen molar-refractivity contribution in [3.8, 4) is 0 Å². The minimum Gasteiger partial charge on any atom is -0.465 e. The van der Waals surface area contributed by atoms with Crippen molar-refractivity contribution < 1.29 is 23.3 Å². The van der Waals surface area contributed by atoms with E-state index in [2.05, 4.69) is 6.58 Å². The van der Waals surface area contributed by atoms with Crippen molar-refractivity contribution in [1.29, 1.82) is 0 Å². The van der Waals surface area contributed by atoms with Gasteiger partial charge in [0, 0.05) is 25.4 Å². The maximum absolute atomic E-state index is 13.4. The standard InChI is InChI=1S/C23H32INO5S/c1-7-18(31(28)20-13-11-10-12-19(20)25(5)6)14-15-23(16-17(4)24,21(26)29-8-2)22(27)30-9-3/h10-14H,4,7-9,15-16H2,1-3,5-6H3/b18-14-. The molecule has 0 radical (unpaired) electrons. The van der Waals surface area contributed by atoms with Crippen molar-refractivity contribution in [3.05, 3.63) is 45.4 Å². The summed E-state index contributed by atoms with van der Waals surface area (Å²) in [4.78, 5) is 29.1. The van der Waals surface area contributed by atoms with Crippen LogP contribution < -0.4 is 4.90 Å². The van der Waals surface area contributed by atoms with E-state index in [4.69, 9.17) is 9.47 Å². The van der Waals surface area contributed by atoms with Gasteiger partial charge in [-0.3, -0.25) is 9.59 Å². The molecule has 1 unspecified atom stereocenters. The number of carbonyl (C=O) groups excluding carboxylic acids is 2. The lowest BCUT2D eigenvalue weighted by atomic mass is 9.80. The monoisotopic (exact) mass is 561 g/mol. The molecule has 0 aromatic heterocycles. The molecule has 0 fully saturated rings. The highest BCUT2D eigenvalue weighted by Gasteiger charge is 2.48. The van der Waals surface area contributed by atoms with Crippen LogP contribution in [0.25, 0.3) is 0 Å². The number of allylic oxidation sites excluding steroid dienone is 3. The van der Waals surface area contributed by atoms with Gasteiger partial charge in [0.05, 0.1) is 34.6 Å². The molecular formula is C23H32INO5S. The topological polar surface area (TPSA) is 72.9 Å². The van der Waals surface area contributed by atoms with Crippen LogP contribution >= 0.6 is 22.6 Å². The van der Waals surface area contributed by atoms with Gasteiger partial charge in [0.25, 0.3) is 0 Å². The summed E-state index contributed by atoms with van der Waals surface area (Å²) >= 11 is 2.00. The molecule has 1 aromatic rings. The van der Waals surface area contributed by atoms with E-state index in [-0.39, 0.29) is 26.1 Å². The molecule has 0 aliphatic rings. The lowest BCUT2D eigenvalue weighted by Gasteiger charge is -2.28. The SMILES string of the molecule is C=C(I)CC(C/C=C(/CC)S(=O)c1ccccc1N(C)C)(C(=O)OCC)C(=O)OCC. The van der Waals surface area contributed by atoms with Crippen molar-refractivity contribution >= 4 is 51.0 Å². The molecule has 1 aromatic carbocycles. The molecule has 0 spiro atoms. The van der Waals surface area contributed by atoms with Gasteiger partial charge in [-0.2, -0.15) is 0 Å². The minimum atomic E-state index is -1.56. The Morgan fingerprint density at radius 2 is 1.68 bits per heavy atom. The predicted molar refractivity (Wildman–Crippen MR) is 134 cm³/mol. The lowest BCUT2D eigenvalue weighted by molar-refractivity contribution is -0.171. The maximum atomic E-state index is 13.4. The molecule has 6 nitrogen and oxygen atoms in total. The zero-order valence-corrected chi connectivity index (χ0v) is 21.9. The number of anilines is 1. The van der Waals surface area contributed by atoms with E-state index in [1.807, 2.05) is 72.8 Å². The normalized spacial score (nSPS) is 12.8.